The van der Waals surface area contributed by atoms with Gasteiger partial charge in [0, 0.05) is 10.2 Å². The maximum atomic E-state index is 12.3. The quantitative estimate of drug-likeness (QED) is 0.304. The first-order chi connectivity index (χ1) is 14.5. The van der Waals surface area contributed by atoms with Gasteiger partial charge < -0.3 is 15.8 Å². The molecule has 1 heterocycles. The molecule has 0 unspecified atom stereocenters. The lowest BCUT2D eigenvalue weighted by Gasteiger charge is -2.13. The van der Waals surface area contributed by atoms with Crippen LogP contribution in [0.4, 0.5) is 23.0 Å². The predicted octanol–water partition coefficient (Wildman–Crippen LogP) is 3.50. The minimum atomic E-state index is -0.391. The van der Waals surface area contributed by atoms with Crippen LogP contribution in [0.5, 0.6) is 0 Å². The van der Waals surface area contributed by atoms with Gasteiger partial charge in [0.05, 0.1) is 17.7 Å². The minimum absolute atomic E-state index is 0.208. The maximum absolute atomic E-state index is 12.3. The Bertz CT molecular complexity index is 1060. The molecule has 30 heavy (non-hydrogen) atoms. The number of anilines is 4. The van der Waals surface area contributed by atoms with Crippen molar-refractivity contribution in [1.82, 2.24) is 15.4 Å². The number of carbonyl (C=O) groups excluding carboxylic acids is 2. The molecule has 0 aliphatic heterocycles. The van der Waals surface area contributed by atoms with Crippen LogP contribution in [0.25, 0.3) is 0 Å². The number of ether oxygens (including phenoxy) is 1. The van der Waals surface area contributed by atoms with E-state index in [1.54, 1.807) is 49.4 Å². The van der Waals surface area contributed by atoms with E-state index in [-0.39, 0.29) is 17.4 Å². The van der Waals surface area contributed by atoms with Crippen LogP contribution in [0.15, 0.2) is 59.3 Å². The standard InChI is InChI=1S/C20H19BrN6O3/c1-2-30-20(29)12-7-9-13(10-8-12)25-17-16(22)18(24-11-23-17)26-27-19(28)14-5-3-4-6-15(14)21/h3-11H,2,22H2,1H3,(H,27,28)(H2,23,24,25,26). The number of hydrogen-bond donors (Lipinski definition) is 4. The smallest absolute Gasteiger partial charge is 0.338 e. The fourth-order valence-electron chi connectivity index (χ4n) is 2.46. The van der Waals surface area contributed by atoms with Crippen molar-refractivity contribution in [2.75, 3.05) is 23.1 Å². The average Bonchev–Trinajstić information content (AvgIpc) is 2.75. The molecule has 9 nitrogen and oxygen atoms in total. The Morgan fingerprint density at radius 3 is 2.47 bits per heavy atom. The van der Waals surface area contributed by atoms with Gasteiger partial charge in [0.2, 0.25) is 0 Å². The van der Waals surface area contributed by atoms with Crippen molar-refractivity contribution >= 4 is 50.8 Å². The van der Waals surface area contributed by atoms with E-state index in [9.17, 15) is 9.59 Å². The number of halogens is 1. The summed E-state index contributed by atoms with van der Waals surface area (Å²) in [5, 5.41) is 3.05. The first-order valence-electron chi connectivity index (χ1n) is 8.95. The largest absolute Gasteiger partial charge is 0.462 e. The molecule has 5 N–H and O–H groups in total. The number of benzene rings is 2. The highest BCUT2D eigenvalue weighted by atomic mass is 79.9. The maximum Gasteiger partial charge on any atom is 0.338 e. The van der Waals surface area contributed by atoms with Crippen molar-refractivity contribution in [3.63, 3.8) is 0 Å². The lowest BCUT2D eigenvalue weighted by atomic mass is 10.2. The van der Waals surface area contributed by atoms with Crippen molar-refractivity contribution < 1.29 is 14.3 Å². The second kappa shape index (κ2) is 9.70. The number of nitrogen functional groups attached to an aromatic ring is 1. The van der Waals surface area contributed by atoms with E-state index in [0.29, 0.717) is 33.7 Å². The molecule has 154 valence electrons. The molecule has 0 atom stereocenters. The third-order valence-electron chi connectivity index (χ3n) is 3.96. The van der Waals surface area contributed by atoms with E-state index >= 15 is 0 Å². The molecule has 0 saturated carbocycles. The summed E-state index contributed by atoms with van der Waals surface area (Å²) >= 11 is 3.33. The number of aromatic nitrogens is 2. The van der Waals surface area contributed by atoms with Crippen LogP contribution in [-0.4, -0.2) is 28.5 Å². The lowest BCUT2D eigenvalue weighted by Crippen LogP contribution is -2.30. The molecule has 3 rings (SSSR count). The summed E-state index contributed by atoms with van der Waals surface area (Å²) in [5.74, 6) is -0.176. The van der Waals surface area contributed by atoms with Crippen molar-refractivity contribution in [3.8, 4) is 0 Å². The third-order valence-corrected chi connectivity index (χ3v) is 4.65. The van der Waals surface area contributed by atoms with Gasteiger partial charge in [0.1, 0.15) is 12.0 Å². The average molecular weight is 471 g/mol. The minimum Gasteiger partial charge on any atom is -0.462 e. The Kier molecular flexibility index (Phi) is 6.81. The van der Waals surface area contributed by atoms with Gasteiger partial charge in [0.15, 0.2) is 11.6 Å². The van der Waals surface area contributed by atoms with E-state index in [1.165, 1.54) is 6.33 Å². The van der Waals surface area contributed by atoms with Crippen molar-refractivity contribution in [2.24, 2.45) is 0 Å². The molecule has 0 aliphatic carbocycles. The Hall–Kier alpha value is -3.66. The van der Waals surface area contributed by atoms with Crippen molar-refractivity contribution in [2.45, 2.75) is 6.92 Å². The molecule has 0 radical (unpaired) electrons. The second-order valence-corrected chi connectivity index (χ2v) is 6.82. The lowest BCUT2D eigenvalue weighted by molar-refractivity contribution is 0.0526. The van der Waals surface area contributed by atoms with Gasteiger partial charge in [-0.3, -0.25) is 15.6 Å². The SMILES string of the molecule is CCOC(=O)c1ccc(Nc2ncnc(NNC(=O)c3ccccc3Br)c2N)cc1. The fraction of sp³-hybridized carbons (Fsp3) is 0.100. The molecular weight excluding hydrogens is 452 g/mol. The molecule has 10 heteroatoms. The van der Waals surface area contributed by atoms with Crippen LogP contribution in [-0.2, 0) is 4.74 Å². The molecule has 1 amide bonds. The van der Waals surface area contributed by atoms with E-state index in [0.717, 1.165) is 0 Å². The number of nitrogens with two attached hydrogens (primary N) is 1. The third kappa shape index (κ3) is 5.03. The van der Waals surface area contributed by atoms with Crippen LogP contribution in [0, 0.1) is 0 Å². The highest BCUT2D eigenvalue weighted by Gasteiger charge is 2.12. The number of esters is 1. The monoisotopic (exact) mass is 470 g/mol. The van der Waals surface area contributed by atoms with Gasteiger partial charge in [-0.25, -0.2) is 14.8 Å². The molecule has 0 spiro atoms. The van der Waals surface area contributed by atoms with Gasteiger partial charge in [-0.15, -0.1) is 0 Å². The van der Waals surface area contributed by atoms with E-state index < -0.39 is 5.97 Å². The number of carbonyl (C=O) groups is 2. The summed E-state index contributed by atoms with van der Waals surface area (Å²) in [6, 6.07) is 13.7. The van der Waals surface area contributed by atoms with Crippen LogP contribution in [0.1, 0.15) is 27.6 Å². The zero-order valence-corrected chi connectivity index (χ0v) is 17.6. The molecule has 3 aromatic rings. The van der Waals surface area contributed by atoms with Crippen molar-refractivity contribution in [3.05, 3.63) is 70.5 Å². The second-order valence-electron chi connectivity index (χ2n) is 5.97. The summed E-state index contributed by atoms with van der Waals surface area (Å²) in [4.78, 5) is 32.2. The molecule has 0 fully saturated rings. The Morgan fingerprint density at radius 2 is 1.77 bits per heavy atom. The zero-order chi connectivity index (χ0) is 21.5. The fourth-order valence-corrected chi connectivity index (χ4v) is 2.93. The number of hydrazine groups is 1. The highest BCUT2D eigenvalue weighted by Crippen LogP contribution is 2.25. The summed E-state index contributed by atoms with van der Waals surface area (Å²) in [6.07, 6.45) is 1.30. The zero-order valence-electron chi connectivity index (χ0n) is 16.0. The van der Waals surface area contributed by atoms with E-state index in [1.807, 2.05) is 6.07 Å². The Morgan fingerprint density at radius 1 is 1.07 bits per heavy atom. The predicted molar refractivity (Wildman–Crippen MR) is 117 cm³/mol. The van der Waals surface area contributed by atoms with Gasteiger partial charge >= 0.3 is 5.97 Å². The summed E-state index contributed by atoms with van der Waals surface area (Å²) in [7, 11) is 0. The van der Waals surface area contributed by atoms with Crippen molar-refractivity contribution in [1.29, 1.82) is 0 Å². The van der Waals surface area contributed by atoms with E-state index in [4.69, 9.17) is 10.5 Å². The van der Waals surface area contributed by atoms with Crippen LogP contribution < -0.4 is 21.9 Å². The molecule has 2 aromatic carbocycles. The normalized spacial score (nSPS) is 10.2. The molecule has 0 saturated heterocycles. The molecule has 0 aliphatic rings. The van der Waals surface area contributed by atoms with Gasteiger partial charge in [-0.2, -0.15) is 0 Å². The first kappa shape index (κ1) is 21.1. The molecule has 0 bridgehead atoms. The number of nitrogens with one attached hydrogen (secondary N) is 3. The highest BCUT2D eigenvalue weighted by molar-refractivity contribution is 9.10. The number of nitrogens with zero attached hydrogens (tertiary/aromatic N) is 2. The van der Waals surface area contributed by atoms with Crippen LogP contribution in [0.2, 0.25) is 0 Å². The Balaban J connectivity index is 1.68. The van der Waals surface area contributed by atoms with Crippen LogP contribution >= 0.6 is 15.9 Å². The molecule has 1 aromatic heterocycles. The molecular formula is C20H19BrN6O3. The van der Waals surface area contributed by atoms with Gasteiger partial charge in [-0.1, -0.05) is 12.1 Å². The summed E-state index contributed by atoms with van der Waals surface area (Å²) in [5.41, 5.74) is 13.1. The van der Waals surface area contributed by atoms with Gasteiger partial charge in [0.25, 0.3) is 5.91 Å². The van der Waals surface area contributed by atoms with Gasteiger partial charge in [-0.05, 0) is 59.3 Å². The van der Waals surface area contributed by atoms with Crippen LogP contribution in [0.3, 0.4) is 0 Å². The number of amides is 1. The Labute approximate surface area is 181 Å². The van der Waals surface area contributed by atoms with E-state index in [2.05, 4.69) is 42.1 Å². The summed E-state index contributed by atoms with van der Waals surface area (Å²) < 4.78 is 5.62. The topological polar surface area (TPSA) is 131 Å². The number of hydrogen-bond acceptors (Lipinski definition) is 8. The first-order valence-corrected chi connectivity index (χ1v) is 9.74. The summed E-state index contributed by atoms with van der Waals surface area (Å²) in [6.45, 7) is 2.06. The number of rotatable bonds is 7.